The number of carbonyl (C=O) groups excluding carboxylic acids is 3. The van der Waals surface area contributed by atoms with Gasteiger partial charge in [-0.3, -0.25) is 20.2 Å². The Labute approximate surface area is 169 Å². The zero-order chi connectivity index (χ0) is 14.9. The van der Waals surface area contributed by atoms with Gasteiger partial charge in [0.05, 0.1) is 0 Å². The van der Waals surface area contributed by atoms with Crippen LogP contribution in [-0.4, -0.2) is 17.8 Å². The number of urea groups is 1. The van der Waals surface area contributed by atoms with E-state index in [2.05, 4.69) is 10.6 Å². The topological polar surface area (TPSA) is 75.3 Å². The van der Waals surface area contributed by atoms with Crippen LogP contribution in [0.15, 0.2) is 60.7 Å². The van der Waals surface area contributed by atoms with Crippen LogP contribution in [-0.2, 0) is 15.0 Å². The molecule has 0 aromatic heterocycles. The van der Waals surface area contributed by atoms with Crippen molar-refractivity contribution in [2.24, 2.45) is 0 Å². The summed E-state index contributed by atoms with van der Waals surface area (Å²) in [5, 5.41) is 4.38. The van der Waals surface area contributed by atoms with Gasteiger partial charge >= 0.3 is 57.4 Å². The Kier molecular flexibility index (Phi) is 5.31. The Balaban J connectivity index is 0.00000176. The zero-order valence-corrected chi connectivity index (χ0v) is 15.1. The van der Waals surface area contributed by atoms with Gasteiger partial charge in [-0.25, -0.2) is 4.79 Å². The second kappa shape index (κ2) is 6.85. The van der Waals surface area contributed by atoms with Gasteiger partial charge in [0.15, 0.2) is 5.41 Å². The second-order valence-corrected chi connectivity index (χ2v) is 4.72. The number of nitrogens with one attached hydrogen (secondary N) is 2. The molecular weight excluding hydrogens is 307 g/mol. The molecule has 0 saturated carbocycles. The summed E-state index contributed by atoms with van der Waals surface area (Å²) in [6, 6.07) is 16.6. The summed E-state index contributed by atoms with van der Waals surface area (Å²) in [6.45, 7) is 0. The fraction of sp³-hybridized carbons (Fsp3) is 0.0625. The summed E-state index contributed by atoms with van der Waals surface area (Å²) in [7, 11) is 0. The molecule has 0 radical (unpaired) electrons. The molecule has 2 aromatic rings. The third-order valence-corrected chi connectivity index (χ3v) is 3.55. The van der Waals surface area contributed by atoms with Gasteiger partial charge < -0.3 is 0 Å². The average Bonchev–Trinajstić information content (AvgIpc) is 2.49. The summed E-state index contributed by atoms with van der Waals surface area (Å²) in [5.74, 6) is -1.29. The van der Waals surface area contributed by atoms with E-state index in [0.717, 1.165) is 0 Å². The maximum absolute atomic E-state index is 12.5. The summed E-state index contributed by atoms with van der Waals surface area (Å²) in [6.07, 6.45) is 0. The first-order valence-corrected chi connectivity index (χ1v) is 6.43. The summed E-state index contributed by atoms with van der Waals surface area (Å²) >= 11 is 0. The number of benzene rings is 2. The number of amides is 4. The molecule has 0 spiro atoms. The van der Waals surface area contributed by atoms with Gasteiger partial charge in [0.25, 0.3) is 11.8 Å². The molecule has 1 aliphatic rings. The van der Waals surface area contributed by atoms with E-state index in [1.165, 1.54) is 0 Å². The van der Waals surface area contributed by atoms with Gasteiger partial charge in [-0.2, -0.15) is 0 Å². The Hall–Kier alpha value is -1.31. The number of rotatable bonds is 2. The number of hydrogen-bond donors (Lipinski definition) is 2. The predicted octanol–water partition coefficient (Wildman–Crippen LogP) is -1.66. The number of hydrogen-bond acceptors (Lipinski definition) is 3. The summed E-state index contributed by atoms with van der Waals surface area (Å²) < 4.78 is 0. The van der Waals surface area contributed by atoms with E-state index in [1.807, 2.05) is 0 Å². The summed E-state index contributed by atoms with van der Waals surface area (Å²) in [5.41, 5.74) is -0.534. The van der Waals surface area contributed by atoms with Gasteiger partial charge in [0.2, 0.25) is 0 Å². The fourth-order valence-electron chi connectivity index (χ4n) is 2.60. The van der Waals surface area contributed by atoms with Crippen LogP contribution in [0.3, 0.4) is 0 Å². The standard InChI is InChI=1S/C16H12N2O3.K/c19-13-16(11-7-3-1-4-8-11,12-9-5-2-6-10-12)14(20)18-15(21)17-13;/h1-10H,(H2,17,18,19,20,21);/q;+1. The van der Waals surface area contributed by atoms with Crippen molar-refractivity contribution in [3.8, 4) is 0 Å². The quantitative estimate of drug-likeness (QED) is 0.514. The van der Waals surface area contributed by atoms with Crippen LogP contribution in [0, 0.1) is 0 Å². The maximum atomic E-state index is 12.5. The third kappa shape index (κ3) is 2.68. The molecule has 22 heavy (non-hydrogen) atoms. The zero-order valence-electron chi connectivity index (χ0n) is 12.0. The Bertz CT molecular complexity index is 655. The van der Waals surface area contributed by atoms with E-state index in [-0.39, 0.29) is 51.4 Å². The monoisotopic (exact) mass is 319 g/mol. The molecule has 5 nitrogen and oxygen atoms in total. The van der Waals surface area contributed by atoms with Crippen LogP contribution in [0.25, 0.3) is 0 Å². The largest absolute Gasteiger partial charge is 1.00 e. The van der Waals surface area contributed by atoms with Gasteiger partial charge in [0, 0.05) is 0 Å². The molecule has 0 aliphatic carbocycles. The number of barbiturate groups is 1. The van der Waals surface area contributed by atoms with Gasteiger partial charge in [-0.1, -0.05) is 60.7 Å². The van der Waals surface area contributed by atoms with Gasteiger partial charge in [0.1, 0.15) is 0 Å². The van der Waals surface area contributed by atoms with E-state index in [9.17, 15) is 14.4 Å². The molecule has 0 bridgehead atoms. The molecule has 1 heterocycles. The minimum Gasteiger partial charge on any atom is -0.276 e. The SMILES string of the molecule is O=C1NC(=O)C(c2ccccc2)(c2ccccc2)C(=O)N1.[K+]. The van der Waals surface area contributed by atoms with Crippen molar-refractivity contribution in [2.45, 2.75) is 5.41 Å². The van der Waals surface area contributed by atoms with Crippen LogP contribution in [0.4, 0.5) is 4.79 Å². The first-order chi connectivity index (χ1) is 10.2. The number of imide groups is 2. The molecule has 1 saturated heterocycles. The molecule has 2 N–H and O–H groups in total. The van der Waals surface area contributed by atoms with Crippen molar-refractivity contribution in [3.05, 3.63) is 71.8 Å². The Morgan fingerprint density at radius 3 is 1.36 bits per heavy atom. The van der Waals surface area contributed by atoms with Crippen molar-refractivity contribution in [1.29, 1.82) is 0 Å². The average molecular weight is 319 g/mol. The van der Waals surface area contributed by atoms with Gasteiger partial charge in [-0.05, 0) is 11.1 Å². The molecule has 0 atom stereocenters. The van der Waals surface area contributed by atoms with Crippen molar-refractivity contribution in [1.82, 2.24) is 10.6 Å². The Morgan fingerprint density at radius 2 is 1.00 bits per heavy atom. The molecule has 4 amide bonds. The minimum atomic E-state index is -1.56. The normalized spacial score (nSPS) is 16.3. The van der Waals surface area contributed by atoms with Crippen LogP contribution in [0.1, 0.15) is 11.1 Å². The van der Waals surface area contributed by atoms with Crippen molar-refractivity contribution >= 4 is 17.8 Å². The molecule has 2 aromatic carbocycles. The minimum absolute atomic E-state index is 0. The van der Waals surface area contributed by atoms with E-state index in [0.29, 0.717) is 11.1 Å². The van der Waals surface area contributed by atoms with Crippen LogP contribution >= 0.6 is 0 Å². The smallest absolute Gasteiger partial charge is 0.276 e. The van der Waals surface area contributed by atoms with Crippen LogP contribution in [0.2, 0.25) is 0 Å². The van der Waals surface area contributed by atoms with Crippen LogP contribution < -0.4 is 62.0 Å². The van der Waals surface area contributed by atoms with Crippen molar-refractivity contribution in [3.63, 3.8) is 0 Å². The second-order valence-electron chi connectivity index (χ2n) is 4.72. The van der Waals surface area contributed by atoms with E-state index in [4.69, 9.17) is 0 Å². The molecule has 104 valence electrons. The maximum Gasteiger partial charge on any atom is 1.00 e. The molecule has 6 heteroatoms. The molecule has 3 rings (SSSR count). The van der Waals surface area contributed by atoms with E-state index >= 15 is 0 Å². The third-order valence-electron chi connectivity index (χ3n) is 3.55. The molecule has 0 unspecified atom stereocenters. The molecule has 1 fully saturated rings. The van der Waals surface area contributed by atoms with Crippen molar-refractivity contribution < 1.29 is 65.8 Å². The van der Waals surface area contributed by atoms with Crippen LogP contribution in [0.5, 0.6) is 0 Å². The van der Waals surface area contributed by atoms with E-state index < -0.39 is 23.3 Å². The predicted molar refractivity (Wildman–Crippen MR) is 75.3 cm³/mol. The Morgan fingerprint density at radius 1 is 0.636 bits per heavy atom. The van der Waals surface area contributed by atoms with E-state index in [1.54, 1.807) is 60.7 Å². The first-order valence-electron chi connectivity index (χ1n) is 6.43. The van der Waals surface area contributed by atoms with Gasteiger partial charge in [-0.15, -0.1) is 0 Å². The summed E-state index contributed by atoms with van der Waals surface area (Å²) in [4.78, 5) is 36.5. The molecule has 1 aliphatic heterocycles. The molecular formula is C16H12KN2O3+. The van der Waals surface area contributed by atoms with Crippen molar-refractivity contribution in [2.75, 3.05) is 0 Å². The number of carbonyl (C=O) groups is 3. The fourth-order valence-corrected chi connectivity index (χ4v) is 2.60. The first kappa shape index (κ1) is 17.0.